The Morgan fingerprint density at radius 1 is 1.55 bits per heavy atom. The zero-order valence-electron chi connectivity index (χ0n) is 12.2. The van der Waals surface area contributed by atoms with Gasteiger partial charge in [0.25, 0.3) is 0 Å². The second-order valence-corrected chi connectivity index (χ2v) is 6.49. The van der Waals surface area contributed by atoms with Crippen molar-refractivity contribution < 1.29 is 22.7 Å². The summed E-state index contributed by atoms with van der Waals surface area (Å²) in [4.78, 5) is 12.7. The Bertz CT molecular complexity index is 499. The summed E-state index contributed by atoms with van der Waals surface area (Å²) in [6.07, 6.45) is -2.88. The van der Waals surface area contributed by atoms with Gasteiger partial charge < -0.3 is 15.4 Å². The maximum Gasteiger partial charge on any atom is 0.422 e. The molecule has 0 radical (unpaired) electrons. The molecule has 0 saturated carbocycles. The third-order valence-electron chi connectivity index (χ3n) is 3.42. The third kappa shape index (κ3) is 5.49. The van der Waals surface area contributed by atoms with Crippen molar-refractivity contribution in [3.8, 4) is 5.06 Å². The fourth-order valence-electron chi connectivity index (χ4n) is 2.32. The number of nitrogens with one attached hydrogen (secondary N) is 2. The number of thiophene rings is 1. The van der Waals surface area contributed by atoms with Crippen LogP contribution in [0, 0.1) is 5.92 Å². The molecule has 2 atom stereocenters. The molecule has 2 N–H and O–H groups in total. The molecule has 1 saturated heterocycles. The molecule has 0 aromatic carbocycles. The largest absolute Gasteiger partial charge is 0.475 e. The van der Waals surface area contributed by atoms with E-state index >= 15 is 0 Å². The Hall–Kier alpha value is -1.28. The topological polar surface area (TPSA) is 50.4 Å². The molecule has 1 aromatic heterocycles. The van der Waals surface area contributed by atoms with E-state index in [0.717, 1.165) is 35.7 Å². The lowest BCUT2D eigenvalue weighted by molar-refractivity contribution is -0.152. The molecule has 124 valence electrons. The normalized spacial score (nSPS) is 19.9. The minimum absolute atomic E-state index is 0.0349. The van der Waals surface area contributed by atoms with Gasteiger partial charge in [-0.2, -0.15) is 13.2 Å². The van der Waals surface area contributed by atoms with Gasteiger partial charge >= 0.3 is 6.18 Å². The summed E-state index contributed by atoms with van der Waals surface area (Å²) >= 11 is 1.12. The van der Waals surface area contributed by atoms with Crippen LogP contribution in [0.5, 0.6) is 5.06 Å². The van der Waals surface area contributed by atoms with Crippen LogP contribution < -0.4 is 15.4 Å². The number of carbonyl (C=O) groups excluding carboxylic acids is 1. The van der Waals surface area contributed by atoms with Crippen molar-refractivity contribution in [3.05, 3.63) is 17.0 Å². The summed E-state index contributed by atoms with van der Waals surface area (Å²) in [7, 11) is 0. The van der Waals surface area contributed by atoms with Crippen molar-refractivity contribution in [2.24, 2.45) is 5.92 Å². The highest BCUT2D eigenvalue weighted by Gasteiger charge is 2.28. The van der Waals surface area contributed by atoms with Crippen LogP contribution in [0.2, 0.25) is 0 Å². The number of halogens is 3. The Morgan fingerprint density at radius 3 is 2.95 bits per heavy atom. The Balaban J connectivity index is 1.80. The van der Waals surface area contributed by atoms with Crippen LogP contribution in [-0.4, -0.2) is 31.8 Å². The smallest absolute Gasteiger partial charge is 0.422 e. The summed E-state index contributed by atoms with van der Waals surface area (Å²) in [6, 6.07) is 2.93. The fourth-order valence-corrected chi connectivity index (χ4v) is 3.18. The van der Waals surface area contributed by atoms with E-state index in [9.17, 15) is 18.0 Å². The summed E-state index contributed by atoms with van der Waals surface area (Å²) < 4.78 is 41.0. The minimum atomic E-state index is -4.35. The molecule has 0 bridgehead atoms. The molecule has 2 heterocycles. The number of alkyl halides is 3. The summed E-state index contributed by atoms with van der Waals surface area (Å²) in [6.45, 7) is 2.31. The molecular formula is C14H19F3N2O2S. The number of ether oxygens (including phenoxy) is 1. The Kier molecular flexibility index (Phi) is 5.69. The monoisotopic (exact) mass is 336 g/mol. The van der Waals surface area contributed by atoms with Crippen LogP contribution >= 0.6 is 11.3 Å². The van der Waals surface area contributed by atoms with Crippen LogP contribution in [-0.2, 0) is 4.79 Å². The molecule has 2 rings (SSSR count). The number of rotatable bonds is 6. The van der Waals surface area contributed by atoms with E-state index < -0.39 is 12.8 Å². The zero-order valence-corrected chi connectivity index (χ0v) is 13.0. The van der Waals surface area contributed by atoms with Crippen molar-refractivity contribution in [3.63, 3.8) is 0 Å². The molecule has 1 fully saturated rings. The standard InChI is InChI=1S/C14H19F3N2O2S/c1-9(19-12(20)6-10-4-5-18-7-10)11-2-3-13(22-11)21-8-14(15,16)17/h2-3,9-10,18H,4-8H2,1H3,(H,19,20)/t9-,10+/m1/s1. The van der Waals surface area contributed by atoms with Crippen LogP contribution in [0.3, 0.4) is 0 Å². The molecular weight excluding hydrogens is 317 g/mol. The molecule has 22 heavy (non-hydrogen) atoms. The molecule has 1 aliphatic rings. The highest BCUT2D eigenvalue weighted by atomic mass is 32.1. The summed E-state index contributed by atoms with van der Waals surface area (Å²) in [5.74, 6) is 0.327. The van der Waals surface area contributed by atoms with Gasteiger partial charge in [0.1, 0.15) is 0 Å². The van der Waals surface area contributed by atoms with Gasteiger partial charge in [0.2, 0.25) is 5.91 Å². The van der Waals surface area contributed by atoms with E-state index in [0.29, 0.717) is 12.3 Å². The predicted octanol–water partition coefficient (Wildman–Crippen LogP) is 2.87. The quantitative estimate of drug-likeness (QED) is 0.840. The fraction of sp³-hybridized carbons (Fsp3) is 0.643. The molecule has 1 aliphatic heterocycles. The molecule has 0 unspecified atom stereocenters. The maximum atomic E-state index is 12.1. The Morgan fingerprint density at radius 2 is 2.32 bits per heavy atom. The van der Waals surface area contributed by atoms with Gasteiger partial charge in [-0.25, -0.2) is 0 Å². The zero-order chi connectivity index (χ0) is 16.2. The van der Waals surface area contributed by atoms with Crippen molar-refractivity contribution >= 4 is 17.2 Å². The van der Waals surface area contributed by atoms with E-state index in [1.54, 1.807) is 6.07 Å². The van der Waals surface area contributed by atoms with Gasteiger partial charge in [-0.05, 0) is 44.5 Å². The van der Waals surface area contributed by atoms with Crippen LogP contribution in [0.1, 0.15) is 30.7 Å². The average molecular weight is 336 g/mol. The van der Waals surface area contributed by atoms with Gasteiger partial charge in [0.05, 0.1) is 6.04 Å². The molecule has 1 amide bonds. The number of hydrogen-bond acceptors (Lipinski definition) is 4. The SMILES string of the molecule is C[C@@H](NC(=O)C[C@@H]1CCNC1)c1ccc(OCC(F)(F)F)s1. The highest BCUT2D eigenvalue weighted by Crippen LogP contribution is 2.30. The van der Waals surface area contributed by atoms with E-state index in [2.05, 4.69) is 15.4 Å². The van der Waals surface area contributed by atoms with Crippen molar-refractivity contribution in [1.29, 1.82) is 0 Å². The lowest BCUT2D eigenvalue weighted by Crippen LogP contribution is -2.28. The summed E-state index contributed by atoms with van der Waals surface area (Å²) in [5, 5.41) is 6.28. The van der Waals surface area contributed by atoms with Crippen LogP contribution in [0.15, 0.2) is 12.1 Å². The molecule has 0 spiro atoms. The van der Waals surface area contributed by atoms with E-state index in [1.165, 1.54) is 6.07 Å². The second kappa shape index (κ2) is 7.32. The molecule has 4 nitrogen and oxygen atoms in total. The van der Waals surface area contributed by atoms with Crippen LogP contribution in [0.25, 0.3) is 0 Å². The van der Waals surface area contributed by atoms with Crippen molar-refractivity contribution in [2.45, 2.75) is 32.0 Å². The predicted molar refractivity (Wildman–Crippen MR) is 78.0 cm³/mol. The third-order valence-corrected chi connectivity index (χ3v) is 4.60. The average Bonchev–Trinajstić information content (AvgIpc) is 3.05. The van der Waals surface area contributed by atoms with E-state index in [1.807, 2.05) is 6.92 Å². The van der Waals surface area contributed by atoms with Gasteiger partial charge in [0.15, 0.2) is 11.7 Å². The van der Waals surface area contributed by atoms with Gasteiger partial charge in [-0.3, -0.25) is 4.79 Å². The van der Waals surface area contributed by atoms with Gasteiger partial charge in [0, 0.05) is 11.3 Å². The first-order chi connectivity index (χ1) is 10.3. The molecule has 1 aromatic rings. The molecule has 0 aliphatic carbocycles. The van der Waals surface area contributed by atoms with Crippen LogP contribution in [0.4, 0.5) is 13.2 Å². The highest BCUT2D eigenvalue weighted by molar-refractivity contribution is 7.13. The lowest BCUT2D eigenvalue weighted by atomic mass is 10.0. The minimum Gasteiger partial charge on any atom is -0.475 e. The van der Waals surface area contributed by atoms with Crippen molar-refractivity contribution in [1.82, 2.24) is 10.6 Å². The lowest BCUT2D eigenvalue weighted by Gasteiger charge is -2.14. The second-order valence-electron chi connectivity index (χ2n) is 5.41. The number of carbonyl (C=O) groups is 1. The summed E-state index contributed by atoms with van der Waals surface area (Å²) in [5.41, 5.74) is 0. The number of amides is 1. The van der Waals surface area contributed by atoms with Gasteiger partial charge in [-0.15, -0.1) is 11.3 Å². The first-order valence-electron chi connectivity index (χ1n) is 7.13. The maximum absolute atomic E-state index is 12.1. The Labute approximate surface area is 131 Å². The first-order valence-corrected chi connectivity index (χ1v) is 7.94. The van der Waals surface area contributed by atoms with Gasteiger partial charge in [-0.1, -0.05) is 0 Å². The van der Waals surface area contributed by atoms with Crippen molar-refractivity contribution in [2.75, 3.05) is 19.7 Å². The van der Waals surface area contributed by atoms with E-state index in [4.69, 9.17) is 0 Å². The number of hydrogen-bond donors (Lipinski definition) is 2. The van der Waals surface area contributed by atoms with E-state index in [-0.39, 0.29) is 17.0 Å². The molecule has 8 heteroatoms. The first kappa shape index (κ1) is 17.1.